The molecule has 0 aliphatic carbocycles. The molecule has 0 radical (unpaired) electrons. The Balaban J connectivity index is 3.96. The molecule has 0 aliphatic rings. The van der Waals surface area contributed by atoms with Crippen LogP contribution in [0.3, 0.4) is 0 Å². The van der Waals surface area contributed by atoms with Crippen LogP contribution in [0.4, 0.5) is 0 Å². The van der Waals surface area contributed by atoms with Crippen LogP contribution in [-0.2, 0) is 0 Å². The van der Waals surface area contributed by atoms with Gasteiger partial charge in [-0.05, 0) is 24.2 Å². The van der Waals surface area contributed by atoms with E-state index in [1.807, 2.05) is 0 Å². The van der Waals surface area contributed by atoms with Gasteiger partial charge in [0.25, 0.3) is 0 Å². The molecule has 0 saturated carbocycles. The molecule has 0 heterocycles. The Morgan fingerprint density at radius 1 is 1.27 bits per heavy atom. The fourth-order valence-corrected chi connectivity index (χ4v) is 1.66. The van der Waals surface area contributed by atoms with Crippen molar-refractivity contribution in [2.45, 2.75) is 40.5 Å². The lowest BCUT2D eigenvalue weighted by molar-refractivity contribution is 0.267. The average molecular weight is 154 g/mol. The van der Waals surface area contributed by atoms with Crippen LogP contribution >= 0.6 is 0 Å². The molecule has 0 aliphatic heterocycles. The molecule has 0 saturated heterocycles. The van der Waals surface area contributed by atoms with Crippen LogP contribution in [0.25, 0.3) is 0 Å². The lowest BCUT2D eigenvalue weighted by Gasteiger charge is -2.25. The summed E-state index contributed by atoms with van der Waals surface area (Å²) >= 11 is 0. The molecule has 0 aromatic rings. The number of hydrogen-bond acceptors (Lipinski definition) is 0. The summed E-state index contributed by atoms with van der Waals surface area (Å²) in [4.78, 5) is 0. The molecule has 0 nitrogen and oxygen atoms in total. The summed E-state index contributed by atoms with van der Waals surface area (Å²) in [5, 5.41) is 0. The summed E-state index contributed by atoms with van der Waals surface area (Å²) in [5.41, 5.74) is 0. The third-order valence-electron chi connectivity index (χ3n) is 2.67. The van der Waals surface area contributed by atoms with Crippen molar-refractivity contribution < 1.29 is 0 Å². The SMILES string of the molecule is C=CC[C@H](C(C)C)[C@H](C)CC. The smallest absolute Gasteiger partial charge is 0.0320 e. The van der Waals surface area contributed by atoms with Crippen molar-refractivity contribution in [2.75, 3.05) is 0 Å². The van der Waals surface area contributed by atoms with Crippen LogP contribution in [0.5, 0.6) is 0 Å². The van der Waals surface area contributed by atoms with E-state index in [9.17, 15) is 0 Å². The minimum Gasteiger partial charge on any atom is -0.103 e. The van der Waals surface area contributed by atoms with Crippen LogP contribution in [-0.4, -0.2) is 0 Å². The first-order chi connectivity index (χ1) is 5.13. The topological polar surface area (TPSA) is 0 Å². The highest BCUT2D eigenvalue weighted by atomic mass is 14.2. The van der Waals surface area contributed by atoms with Gasteiger partial charge in [-0.2, -0.15) is 0 Å². The second-order valence-corrected chi connectivity index (χ2v) is 3.82. The van der Waals surface area contributed by atoms with E-state index >= 15 is 0 Å². The zero-order valence-corrected chi connectivity index (χ0v) is 8.43. The zero-order valence-electron chi connectivity index (χ0n) is 8.43. The van der Waals surface area contributed by atoms with Crippen molar-refractivity contribution in [2.24, 2.45) is 17.8 Å². The van der Waals surface area contributed by atoms with E-state index in [2.05, 4.69) is 40.3 Å². The fraction of sp³-hybridized carbons (Fsp3) is 0.818. The molecule has 0 N–H and O–H groups in total. The average Bonchev–Trinajstić information content (AvgIpc) is 1.98. The van der Waals surface area contributed by atoms with Gasteiger partial charge >= 0.3 is 0 Å². The monoisotopic (exact) mass is 154 g/mol. The van der Waals surface area contributed by atoms with E-state index < -0.39 is 0 Å². The van der Waals surface area contributed by atoms with Gasteiger partial charge in [0.15, 0.2) is 0 Å². The summed E-state index contributed by atoms with van der Waals surface area (Å²) in [5.74, 6) is 2.47. The fourth-order valence-electron chi connectivity index (χ4n) is 1.66. The molecular weight excluding hydrogens is 132 g/mol. The quantitative estimate of drug-likeness (QED) is 0.527. The summed E-state index contributed by atoms with van der Waals surface area (Å²) < 4.78 is 0. The highest BCUT2D eigenvalue weighted by Crippen LogP contribution is 2.26. The minimum absolute atomic E-state index is 0.794. The molecule has 0 bridgehead atoms. The molecular formula is C11H22. The zero-order chi connectivity index (χ0) is 8.85. The predicted molar refractivity (Wildman–Crippen MR) is 52.6 cm³/mol. The molecule has 0 spiro atoms. The van der Waals surface area contributed by atoms with Gasteiger partial charge in [-0.3, -0.25) is 0 Å². The molecule has 0 aromatic carbocycles. The van der Waals surface area contributed by atoms with E-state index in [0.717, 1.165) is 17.8 Å². The van der Waals surface area contributed by atoms with Gasteiger partial charge in [0.05, 0.1) is 0 Å². The van der Waals surface area contributed by atoms with Crippen molar-refractivity contribution in [1.29, 1.82) is 0 Å². The Labute approximate surface area is 71.7 Å². The summed E-state index contributed by atoms with van der Waals surface area (Å²) in [6.45, 7) is 13.0. The lowest BCUT2D eigenvalue weighted by atomic mass is 9.81. The normalized spacial score (nSPS) is 16.5. The van der Waals surface area contributed by atoms with Crippen molar-refractivity contribution >= 4 is 0 Å². The Bertz CT molecular complexity index is 103. The second kappa shape index (κ2) is 5.40. The summed E-state index contributed by atoms with van der Waals surface area (Å²) in [6.07, 6.45) is 4.51. The van der Waals surface area contributed by atoms with Crippen molar-refractivity contribution in [3.05, 3.63) is 12.7 Å². The maximum absolute atomic E-state index is 3.80. The Kier molecular flexibility index (Phi) is 5.27. The molecule has 0 unspecified atom stereocenters. The molecule has 0 heteroatoms. The first-order valence-electron chi connectivity index (χ1n) is 4.74. The van der Waals surface area contributed by atoms with Gasteiger partial charge in [-0.25, -0.2) is 0 Å². The summed E-state index contributed by atoms with van der Waals surface area (Å²) in [6, 6.07) is 0. The Morgan fingerprint density at radius 2 is 1.82 bits per heavy atom. The van der Waals surface area contributed by atoms with E-state index in [-0.39, 0.29) is 0 Å². The first kappa shape index (κ1) is 10.7. The van der Waals surface area contributed by atoms with E-state index in [0.29, 0.717) is 0 Å². The third-order valence-corrected chi connectivity index (χ3v) is 2.67. The largest absolute Gasteiger partial charge is 0.103 e. The van der Waals surface area contributed by atoms with Gasteiger partial charge in [-0.1, -0.05) is 40.2 Å². The minimum atomic E-state index is 0.794. The lowest BCUT2D eigenvalue weighted by Crippen LogP contribution is -2.16. The number of allylic oxidation sites excluding steroid dienone is 1. The maximum Gasteiger partial charge on any atom is -0.0320 e. The maximum atomic E-state index is 3.80. The first-order valence-corrected chi connectivity index (χ1v) is 4.74. The molecule has 2 atom stereocenters. The van der Waals surface area contributed by atoms with Crippen LogP contribution < -0.4 is 0 Å². The molecule has 0 aromatic heterocycles. The van der Waals surface area contributed by atoms with E-state index in [1.54, 1.807) is 0 Å². The van der Waals surface area contributed by atoms with Crippen molar-refractivity contribution in [3.8, 4) is 0 Å². The van der Waals surface area contributed by atoms with Crippen LogP contribution in [0.15, 0.2) is 12.7 Å². The van der Waals surface area contributed by atoms with Gasteiger partial charge in [-0.15, -0.1) is 6.58 Å². The number of hydrogen-bond donors (Lipinski definition) is 0. The highest BCUT2D eigenvalue weighted by Gasteiger charge is 2.17. The molecule has 11 heavy (non-hydrogen) atoms. The molecule has 0 fully saturated rings. The summed E-state index contributed by atoms with van der Waals surface area (Å²) in [7, 11) is 0. The number of rotatable bonds is 5. The Morgan fingerprint density at radius 3 is 2.09 bits per heavy atom. The van der Waals surface area contributed by atoms with Crippen LogP contribution in [0.2, 0.25) is 0 Å². The van der Waals surface area contributed by atoms with E-state index in [1.165, 1.54) is 12.8 Å². The van der Waals surface area contributed by atoms with E-state index in [4.69, 9.17) is 0 Å². The predicted octanol–water partition coefficient (Wildman–Crippen LogP) is 3.88. The molecule has 0 rings (SSSR count). The van der Waals surface area contributed by atoms with Crippen molar-refractivity contribution in [1.82, 2.24) is 0 Å². The van der Waals surface area contributed by atoms with Gasteiger partial charge in [0, 0.05) is 0 Å². The van der Waals surface area contributed by atoms with Crippen LogP contribution in [0, 0.1) is 17.8 Å². The van der Waals surface area contributed by atoms with Gasteiger partial charge in [0.1, 0.15) is 0 Å². The molecule has 66 valence electrons. The van der Waals surface area contributed by atoms with Crippen LogP contribution in [0.1, 0.15) is 40.5 Å². The van der Waals surface area contributed by atoms with Gasteiger partial charge in [0.2, 0.25) is 0 Å². The second-order valence-electron chi connectivity index (χ2n) is 3.82. The molecule has 0 amide bonds. The Hall–Kier alpha value is -0.260. The van der Waals surface area contributed by atoms with Crippen molar-refractivity contribution in [3.63, 3.8) is 0 Å². The highest BCUT2D eigenvalue weighted by molar-refractivity contribution is 4.78. The van der Waals surface area contributed by atoms with Gasteiger partial charge < -0.3 is 0 Å². The standard InChI is InChI=1S/C11H22/c1-6-8-11(9(3)4)10(5)7-2/h6,9-11H,1,7-8H2,2-5H3/t10-,11-/m1/s1. The third kappa shape index (κ3) is 3.60.